The predicted octanol–water partition coefficient (Wildman–Crippen LogP) is 4.51. The minimum Gasteiger partial charge on any atom is -0.453 e. The number of hydrogen-bond acceptors (Lipinski definition) is 8. The average molecular weight is 465 g/mol. The highest BCUT2D eigenvalue weighted by atomic mass is 35.5. The van der Waals surface area contributed by atoms with Crippen LogP contribution in [0.5, 0.6) is 0 Å². The van der Waals surface area contributed by atoms with E-state index in [1.54, 1.807) is 47.5 Å². The van der Waals surface area contributed by atoms with E-state index < -0.39 is 18.4 Å². The molecule has 3 aromatic rings. The predicted molar refractivity (Wildman–Crippen MR) is 124 cm³/mol. The molecule has 0 atom stereocenters. The number of nitriles is 1. The van der Waals surface area contributed by atoms with Gasteiger partial charge in [0.2, 0.25) is 5.78 Å². The van der Waals surface area contributed by atoms with Crippen LogP contribution in [0.25, 0.3) is 10.6 Å². The van der Waals surface area contributed by atoms with E-state index in [0.29, 0.717) is 15.9 Å². The Bertz CT molecular complexity index is 1260. The van der Waals surface area contributed by atoms with Gasteiger partial charge < -0.3 is 14.5 Å². The second-order valence-electron chi connectivity index (χ2n) is 6.96. The van der Waals surface area contributed by atoms with Crippen molar-refractivity contribution in [3.05, 3.63) is 76.0 Å². The van der Waals surface area contributed by atoms with Crippen molar-refractivity contribution in [1.29, 1.82) is 5.26 Å². The van der Waals surface area contributed by atoms with Crippen molar-refractivity contribution < 1.29 is 14.3 Å². The quantitative estimate of drug-likeness (QED) is 0.312. The summed E-state index contributed by atoms with van der Waals surface area (Å²) in [5, 5.41) is 12.4. The van der Waals surface area contributed by atoms with Crippen LogP contribution in [-0.2, 0) is 9.53 Å². The molecule has 0 amide bonds. The number of aromatic nitrogens is 1. The van der Waals surface area contributed by atoms with Gasteiger partial charge in [-0.25, -0.2) is 9.78 Å². The van der Waals surface area contributed by atoms with E-state index in [9.17, 15) is 14.9 Å². The summed E-state index contributed by atoms with van der Waals surface area (Å²) in [6.45, 7) is -0.562. The van der Waals surface area contributed by atoms with Gasteiger partial charge in [0, 0.05) is 30.1 Å². The van der Waals surface area contributed by atoms with Crippen molar-refractivity contribution in [1.82, 2.24) is 4.98 Å². The van der Waals surface area contributed by atoms with Crippen LogP contribution in [0.2, 0.25) is 5.02 Å². The number of nitrogens with zero attached hydrogens (tertiary/aromatic N) is 4. The van der Waals surface area contributed by atoms with E-state index in [0.717, 1.165) is 16.9 Å². The van der Waals surface area contributed by atoms with E-state index in [2.05, 4.69) is 4.98 Å². The summed E-state index contributed by atoms with van der Waals surface area (Å²) in [6.07, 6.45) is 0. The zero-order valence-corrected chi connectivity index (χ0v) is 18.8. The molecule has 0 bridgehead atoms. The molecular weight excluding hydrogens is 448 g/mol. The smallest absolute Gasteiger partial charge is 0.358 e. The number of anilines is 2. The lowest BCUT2D eigenvalue weighted by atomic mass is 10.2. The Balaban J connectivity index is 1.48. The molecular formula is C23H17ClN4O3S. The molecule has 1 aromatic heterocycles. The van der Waals surface area contributed by atoms with Gasteiger partial charge in [-0.15, -0.1) is 11.3 Å². The normalized spacial score (nSPS) is 12.4. The summed E-state index contributed by atoms with van der Waals surface area (Å²) in [6, 6.07) is 16.7. The molecule has 160 valence electrons. The number of para-hydroxylation sites is 2. The van der Waals surface area contributed by atoms with Crippen LogP contribution >= 0.6 is 22.9 Å². The van der Waals surface area contributed by atoms with E-state index in [1.165, 1.54) is 11.3 Å². The van der Waals surface area contributed by atoms with Gasteiger partial charge in [-0.05, 0) is 24.3 Å². The first-order chi connectivity index (χ1) is 15.4. The Hall–Kier alpha value is -3.67. The van der Waals surface area contributed by atoms with Crippen molar-refractivity contribution >= 4 is 46.1 Å². The zero-order chi connectivity index (χ0) is 22.8. The van der Waals surface area contributed by atoms with E-state index in [1.807, 2.05) is 36.4 Å². The van der Waals surface area contributed by atoms with Gasteiger partial charge in [-0.1, -0.05) is 35.9 Å². The molecule has 0 fully saturated rings. The summed E-state index contributed by atoms with van der Waals surface area (Å²) in [5.41, 5.74) is 2.53. The fourth-order valence-corrected chi connectivity index (χ4v) is 4.43. The number of halogens is 1. The van der Waals surface area contributed by atoms with Gasteiger partial charge in [0.15, 0.2) is 12.3 Å². The third-order valence-corrected chi connectivity index (χ3v) is 6.10. The maximum absolute atomic E-state index is 12.8. The van der Waals surface area contributed by atoms with Gasteiger partial charge in [-0.2, -0.15) is 5.26 Å². The summed E-state index contributed by atoms with van der Waals surface area (Å²) < 4.78 is 5.16. The highest BCUT2D eigenvalue weighted by Gasteiger charge is 2.31. The van der Waals surface area contributed by atoms with Gasteiger partial charge >= 0.3 is 5.97 Å². The van der Waals surface area contributed by atoms with Gasteiger partial charge in [-0.3, -0.25) is 4.79 Å². The first kappa shape index (κ1) is 21.6. The topological polar surface area (TPSA) is 86.5 Å². The molecule has 0 saturated heterocycles. The molecule has 0 radical (unpaired) electrons. The first-order valence-corrected chi connectivity index (χ1v) is 10.8. The molecule has 4 rings (SSSR count). The third-order valence-electron chi connectivity index (χ3n) is 4.97. The van der Waals surface area contributed by atoms with Crippen LogP contribution < -0.4 is 9.80 Å². The number of carbonyl (C=O) groups is 2. The maximum atomic E-state index is 12.8. The Morgan fingerprint density at radius 1 is 1.12 bits per heavy atom. The fraction of sp³-hybridized carbons (Fsp3) is 0.130. The average Bonchev–Trinajstić information content (AvgIpc) is 3.38. The lowest BCUT2D eigenvalue weighted by Crippen LogP contribution is -2.27. The largest absolute Gasteiger partial charge is 0.453 e. The molecule has 1 aliphatic rings. The Morgan fingerprint density at radius 3 is 2.44 bits per heavy atom. The third kappa shape index (κ3) is 3.96. The van der Waals surface area contributed by atoms with Crippen LogP contribution in [-0.4, -0.2) is 37.4 Å². The summed E-state index contributed by atoms with van der Waals surface area (Å²) in [7, 11) is 3.56. The van der Waals surface area contributed by atoms with Crippen molar-refractivity contribution in [3.63, 3.8) is 0 Å². The number of ketones is 1. The second kappa shape index (κ2) is 8.83. The van der Waals surface area contributed by atoms with Crippen LogP contribution in [0.4, 0.5) is 11.4 Å². The minimum atomic E-state index is -0.735. The van der Waals surface area contributed by atoms with Crippen LogP contribution in [0.3, 0.4) is 0 Å². The fourth-order valence-electron chi connectivity index (χ4n) is 3.46. The van der Waals surface area contributed by atoms with E-state index in [-0.39, 0.29) is 11.3 Å². The molecule has 0 unspecified atom stereocenters. The molecule has 32 heavy (non-hydrogen) atoms. The number of benzene rings is 2. The Morgan fingerprint density at radius 2 is 1.81 bits per heavy atom. The Labute approximate surface area is 193 Å². The van der Waals surface area contributed by atoms with Gasteiger partial charge in [0.05, 0.1) is 11.4 Å². The monoisotopic (exact) mass is 464 g/mol. The summed E-state index contributed by atoms with van der Waals surface area (Å²) in [4.78, 5) is 33.0. The first-order valence-electron chi connectivity index (χ1n) is 9.53. The molecule has 0 aliphatic carbocycles. The molecule has 0 N–H and O–H groups in total. The van der Waals surface area contributed by atoms with Crippen LogP contribution in [0, 0.1) is 11.3 Å². The number of carbonyl (C=O) groups excluding carboxylic acids is 2. The Kier molecular flexibility index (Phi) is 5.95. The molecule has 7 nitrogen and oxygen atoms in total. The highest BCUT2D eigenvalue weighted by molar-refractivity contribution is 7.13. The molecule has 2 aromatic carbocycles. The van der Waals surface area contributed by atoms with E-state index in [4.69, 9.17) is 16.3 Å². The van der Waals surface area contributed by atoms with Gasteiger partial charge in [0.25, 0.3) is 0 Å². The standard InChI is InChI=1S/C23H17ClN4O3S/c1-27-18-8-3-4-9-19(18)28(2)22(27)16(11-25)20(29)12-31-23(30)17-13-32-21(26-17)14-6-5-7-15(24)10-14/h3-10,13H,12H2,1-2H3. The lowest BCUT2D eigenvalue weighted by molar-refractivity contribution is -0.118. The number of rotatable bonds is 5. The molecule has 0 spiro atoms. The van der Waals surface area contributed by atoms with Gasteiger partial charge in [0.1, 0.15) is 22.5 Å². The maximum Gasteiger partial charge on any atom is 0.358 e. The molecule has 9 heteroatoms. The number of fused-ring (bicyclic) bond motifs is 1. The van der Waals surface area contributed by atoms with Crippen LogP contribution in [0.15, 0.2) is 65.3 Å². The summed E-state index contributed by atoms with van der Waals surface area (Å²) in [5.74, 6) is -0.888. The van der Waals surface area contributed by atoms with Crippen molar-refractivity contribution in [3.8, 4) is 16.6 Å². The van der Waals surface area contributed by atoms with Crippen molar-refractivity contribution in [2.45, 2.75) is 0 Å². The van der Waals surface area contributed by atoms with Crippen LogP contribution in [0.1, 0.15) is 10.5 Å². The molecule has 2 heterocycles. The van der Waals surface area contributed by atoms with Crippen molar-refractivity contribution in [2.75, 3.05) is 30.5 Å². The number of hydrogen-bond donors (Lipinski definition) is 0. The lowest BCUT2D eigenvalue weighted by Gasteiger charge is -2.19. The number of esters is 1. The molecule has 0 saturated carbocycles. The number of thiazole rings is 1. The van der Waals surface area contributed by atoms with E-state index >= 15 is 0 Å². The molecule has 1 aliphatic heterocycles. The zero-order valence-electron chi connectivity index (χ0n) is 17.2. The number of Topliss-reactive ketones (excluding diaryl/α,β-unsaturated/α-hetero) is 1. The summed E-state index contributed by atoms with van der Waals surface area (Å²) >= 11 is 7.27. The number of ether oxygens (including phenoxy) is 1. The SMILES string of the molecule is CN1C(=C(C#N)C(=O)COC(=O)c2csc(-c3cccc(Cl)c3)n2)N(C)c2ccccc21. The minimum absolute atomic E-state index is 0.0862. The second-order valence-corrected chi connectivity index (χ2v) is 8.26. The highest BCUT2D eigenvalue weighted by Crippen LogP contribution is 2.40. The van der Waals surface area contributed by atoms with Crippen molar-refractivity contribution in [2.24, 2.45) is 0 Å².